The fourth-order valence-corrected chi connectivity index (χ4v) is 4.92. The van der Waals surface area contributed by atoms with Crippen LogP contribution in [0.25, 0.3) is 5.47 Å². The van der Waals surface area contributed by atoms with Crippen molar-refractivity contribution in [2.75, 3.05) is 0 Å². The van der Waals surface area contributed by atoms with Crippen LogP contribution in [-0.4, -0.2) is 6.71 Å². The van der Waals surface area contributed by atoms with Gasteiger partial charge in [0.2, 0.25) is 0 Å². The molecule has 2 fully saturated rings. The molecule has 1 aromatic carbocycles. The Kier molecular flexibility index (Phi) is 4.12. The van der Waals surface area contributed by atoms with Gasteiger partial charge in [-0.3, -0.25) is 0 Å². The van der Waals surface area contributed by atoms with E-state index in [0.29, 0.717) is 0 Å². The smallest absolute Gasteiger partial charge is 0.0664 e. The number of halogens is 1. The molecule has 0 atom stereocenters. The molecule has 2 aliphatic rings. The zero-order chi connectivity index (χ0) is 12.4. The Morgan fingerprint density at radius 3 is 2.06 bits per heavy atom. The summed E-state index contributed by atoms with van der Waals surface area (Å²) in [6.45, 7) is 0.840. The molecule has 0 spiro atoms. The predicted octanol–water partition coefficient (Wildman–Crippen LogP) is 5.60. The zero-order valence-electron chi connectivity index (χ0n) is 10.8. The standard InChI is InChI=1S/C16H20BI/c18-12-16(13-6-2-1-3-7-13)17-14-8-4-9-15(17)11-5-10-14/h1-3,6-7,12,14-15H,4-5,8-11H2/b16-12+. The van der Waals surface area contributed by atoms with Crippen LogP contribution in [-0.2, 0) is 0 Å². The third-order valence-electron chi connectivity index (χ3n) is 4.90. The van der Waals surface area contributed by atoms with Crippen LogP contribution in [0.3, 0.4) is 0 Å². The Hall–Kier alpha value is -0.245. The molecule has 2 saturated heterocycles. The minimum absolute atomic E-state index is 0.840. The average Bonchev–Trinajstić information content (AvgIpc) is 2.40. The van der Waals surface area contributed by atoms with E-state index >= 15 is 0 Å². The zero-order valence-corrected chi connectivity index (χ0v) is 13.0. The van der Waals surface area contributed by atoms with Crippen LogP contribution >= 0.6 is 22.6 Å². The van der Waals surface area contributed by atoms with Crippen LogP contribution < -0.4 is 0 Å². The minimum atomic E-state index is 0.840. The van der Waals surface area contributed by atoms with Gasteiger partial charge < -0.3 is 0 Å². The highest BCUT2D eigenvalue weighted by molar-refractivity contribution is 14.1. The van der Waals surface area contributed by atoms with Gasteiger partial charge in [-0.05, 0) is 9.65 Å². The summed E-state index contributed by atoms with van der Waals surface area (Å²) < 4.78 is 2.36. The van der Waals surface area contributed by atoms with E-state index in [9.17, 15) is 0 Å². The fourth-order valence-electron chi connectivity index (χ4n) is 4.14. The van der Waals surface area contributed by atoms with Crippen LogP contribution in [0.2, 0.25) is 11.6 Å². The van der Waals surface area contributed by atoms with Crippen molar-refractivity contribution in [1.82, 2.24) is 0 Å². The molecule has 3 rings (SSSR count). The van der Waals surface area contributed by atoms with Gasteiger partial charge in [0.05, 0.1) is 0 Å². The average molecular weight is 350 g/mol. The first-order valence-electron chi connectivity index (χ1n) is 7.26. The molecule has 0 N–H and O–H groups in total. The topological polar surface area (TPSA) is 0 Å². The Labute approximate surface area is 124 Å². The van der Waals surface area contributed by atoms with Gasteiger partial charge in [0.15, 0.2) is 6.71 Å². The molecule has 2 heterocycles. The summed E-state index contributed by atoms with van der Waals surface area (Å²) in [5.74, 6) is 1.91. The summed E-state index contributed by atoms with van der Waals surface area (Å²) in [4.78, 5) is 0. The molecule has 1 aromatic rings. The first-order chi connectivity index (χ1) is 8.90. The van der Waals surface area contributed by atoms with Gasteiger partial charge in [-0.2, -0.15) is 0 Å². The molecular weight excluding hydrogens is 330 g/mol. The molecule has 2 aliphatic heterocycles. The summed E-state index contributed by atoms with van der Waals surface area (Å²) in [6, 6.07) is 11.0. The molecule has 0 amide bonds. The molecule has 18 heavy (non-hydrogen) atoms. The summed E-state index contributed by atoms with van der Waals surface area (Å²) in [7, 11) is 0. The molecule has 0 saturated carbocycles. The highest BCUT2D eigenvalue weighted by Crippen LogP contribution is 2.50. The van der Waals surface area contributed by atoms with Crippen molar-refractivity contribution in [3.8, 4) is 0 Å². The largest absolute Gasteiger partial charge is 0.183 e. The van der Waals surface area contributed by atoms with Gasteiger partial charge in [0.25, 0.3) is 0 Å². The number of hydrogen-bond acceptors (Lipinski definition) is 0. The molecule has 0 radical (unpaired) electrons. The van der Waals surface area contributed by atoms with E-state index in [0.717, 1.165) is 18.3 Å². The number of rotatable bonds is 2. The van der Waals surface area contributed by atoms with Crippen LogP contribution in [0.4, 0.5) is 0 Å². The summed E-state index contributed by atoms with van der Waals surface area (Å²) in [5, 5.41) is 0. The second-order valence-electron chi connectivity index (χ2n) is 5.84. The predicted molar refractivity (Wildman–Crippen MR) is 89.4 cm³/mol. The van der Waals surface area contributed by atoms with Crippen molar-refractivity contribution in [1.29, 1.82) is 0 Å². The van der Waals surface area contributed by atoms with Crippen molar-refractivity contribution < 1.29 is 0 Å². The van der Waals surface area contributed by atoms with Crippen LogP contribution in [0.5, 0.6) is 0 Å². The van der Waals surface area contributed by atoms with Gasteiger partial charge in [-0.25, -0.2) is 0 Å². The number of benzene rings is 1. The van der Waals surface area contributed by atoms with E-state index in [1.807, 2.05) is 0 Å². The van der Waals surface area contributed by atoms with Crippen molar-refractivity contribution in [3.05, 3.63) is 40.0 Å². The maximum Gasteiger partial charge on any atom is 0.183 e. The Morgan fingerprint density at radius 1 is 1.00 bits per heavy atom. The lowest BCUT2D eigenvalue weighted by molar-refractivity contribution is 0.448. The maximum atomic E-state index is 2.45. The van der Waals surface area contributed by atoms with Crippen molar-refractivity contribution in [2.45, 2.75) is 50.2 Å². The quantitative estimate of drug-likeness (QED) is 0.481. The lowest BCUT2D eigenvalue weighted by Crippen LogP contribution is -2.35. The van der Waals surface area contributed by atoms with E-state index in [1.54, 1.807) is 5.47 Å². The molecule has 94 valence electrons. The van der Waals surface area contributed by atoms with Gasteiger partial charge in [0.1, 0.15) is 0 Å². The third kappa shape index (κ3) is 2.41. The van der Waals surface area contributed by atoms with Gasteiger partial charge in [0, 0.05) is 0 Å². The summed E-state index contributed by atoms with van der Waals surface area (Å²) >= 11 is 2.45. The van der Waals surface area contributed by atoms with Crippen molar-refractivity contribution in [2.24, 2.45) is 0 Å². The van der Waals surface area contributed by atoms with E-state index in [2.05, 4.69) is 57.0 Å². The molecule has 0 nitrogen and oxygen atoms in total. The van der Waals surface area contributed by atoms with Crippen molar-refractivity contribution in [3.63, 3.8) is 0 Å². The highest BCUT2D eigenvalue weighted by atomic mass is 127. The second kappa shape index (κ2) is 5.81. The first kappa shape index (κ1) is 12.8. The van der Waals surface area contributed by atoms with E-state index in [4.69, 9.17) is 0 Å². The lowest BCUT2D eigenvalue weighted by Gasteiger charge is -2.41. The van der Waals surface area contributed by atoms with Gasteiger partial charge in [-0.1, -0.05) is 109 Å². The SMILES string of the molecule is I/C=C(/B1C2CCCC1CCC2)c1ccccc1. The minimum Gasteiger partial charge on any atom is -0.0664 e. The number of fused-ring (bicyclic) bond motifs is 2. The van der Waals surface area contributed by atoms with E-state index < -0.39 is 0 Å². The monoisotopic (exact) mass is 350 g/mol. The first-order valence-corrected chi connectivity index (χ1v) is 8.50. The van der Waals surface area contributed by atoms with E-state index in [1.165, 1.54) is 44.1 Å². The van der Waals surface area contributed by atoms with Gasteiger partial charge >= 0.3 is 0 Å². The lowest BCUT2D eigenvalue weighted by atomic mass is 9.24. The summed E-state index contributed by atoms with van der Waals surface area (Å²) in [6.07, 6.45) is 8.78. The Morgan fingerprint density at radius 2 is 1.56 bits per heavy atom. The highest BCUT2D eigenvalue weighted by Gasteiger charge is 2.41. The molecule has 0 unspecified atom stereocenters. The van der Waals surface area contributed by atoms with Gasteiger partial charge in [-0.15, -0.1) is 0 Å². The second-order valence-corrected chi connectivity index (χ2v) is 6.46. The summed E-state index contributed by atoms with van der Waals surface area (Å²) in [5.41, 5.74) is 3.07. The molecule has 2 heteroatoms. The Balaban J connectivity index is 1.92. The van der Waals surface area contributed by atoms with Crippen molar-refractivity contribution >= 4 is 34.8 Å². The molecular formula is C16H20BI. The van der Waals surface area contributed by atoms with Crippen LogP contribution in [0.1, 0.15) is 44.1 Å². The molecule has 0 aromatic heterocycles. The normalized spacial score (nSPS) is 28.3. The number of hydrogen-bond donors (Lipinski definition) is 0. The van der Waals surface area contributed by atoms with E-state index in [-0.39, 0.29) is 0 Å². The molecule has 0 aliphatic carbocycles. The van der Waals surface area contributed by atoms with Crippen LogP contribution in [0, 0.1) is 0 Å². The third-order valence-corrected chi connectivity index (χ3v) is 5.57. The fraction of sp³-hybridized carbons (Fsp3) is 0.500. The maximum absolute atomic E-state index is 2.45. The Bertz CT molecular complexity index is 404. The van der Waals surface area contributed by atoms with Crippen LogP contribution in [0.15, 0.2) is 34.4 Å². The molecule has 2 bridgehead atoms.